The van der Waals surface area contributed by atoms with Crippen LogP contribution in [0.2, 0.25) is 0 Å². The van der Waals surface area contributed by atoms with Crippen molar-refractivity contribution in [1.82, 2.24) is 0 Å². The van der Waals surface area contributed by atoms with Gasteiger partial charge in [0.25, 0.3) is 0 Å². The molecule has 0 spiro atoms. The zero-order valence-corrected chi connectivity index (χ0v) is 8.44. The average Bonchev–Trinajstić information content (AvgIpc) is 2.30. The molecular weight excluding hydrogens is 203 g/mol. The van der Waals surface area contributed by atoms with Crippen molar-refractivity contribution in [3.63, 3.8) is 0 Å². The van der Waals surface area contributed by atoms with Gasteiger partial charge in [-0.15, -0.1) is 0 Å². The summed E-state index contributed by atoms with van der Waals surface area (Å²) in [5.41, 5.74) is 7.71. The van der Waals surface area contributed by atoms with E-state index >= 15 is 0 Å². The number of hydrogen-bond acceptors (Lipinski definition) is 2. The molecule has 0 saturated heterocycles. The molecule has 0 radical (unpaired) electrons. The number of hydrogen-bond donors (Lipinski definition) is 1. The molecule has 0 aliphatic heterocycles. The van der Waals surface area contributed by atoms with E-state index in [0.29, 0.717) is 22.4 Å². The van der Waals surface area contributed by atoms with Crippen molar-refractivity contribution in [2.75, 3.05) is 5.73 Å². The van der Waals surface area contributed by atoms with Crippen LogP contribution in [0, 0.1) is 17.1 Å². The molecule has 3 heteroatoms. The number of nitrogens with zero attached hydrogens (tertiary/aromatic N) is 1. The lowest BCUT2D eigenvalue weighted by molar-refractivity contribution is 0.631. The standard InChI is InChI=1S/C13H9FN2/c14-12-4-2-1-3-10(12)11-6-5-9(8-15)7-13(11)16/h1-7H,16H2. The van der Waals surface area contributed by atoms with Gasteiger partial charge in [0.05, 0.1) is 11.6 Å². The first-order chi connectivity index (χ1) is 7.72. The van der Waals surface area contributed by atoms with Crippen LogP contribution in [0.15, 0.2) is 42.5 Å². The molecule has 0 saturated carbocycles. The van der Waals surface area contributed by atoms with E-state index in [1.165, 1.54) is 6.07 Å². The minimum absolute atomic E-state index is 0.320. The second-order valence-electron chi connectivity index (χ2n) is 3.39. The normalized spacial score (nSPS) is 9.75. The highest BCUT2D eigenvalue weighted by atomic mass is 19.1. The first kappa shape index (κ1) is 10.2. The monoisotopic (exact) mass is 212 g/mol. The summed E-state index contributed by atoms with van der Waals surface area (Å²) in [4.78, 5) is 0. The summed E-state index contributed by atoms with van der Waals surface area (Å²) < 4.78 is 13.5. The van der Waals surface area contributed by atoms with E-state index in [0.717, 1.165) is 0 Å². The Morgan fingerprint density at radius 3 is 2.44 bits per heavy atom. The summed E-state index contributed by atoms with van der Waals surface area (Å²) in [5.74, 6) is -0.320. The number of rotatable bonds is 1. The van der Waals surface area contributed by atoms with Gasteiger partial charge >= 0.3 is 0 Å². The molecule has 0 aromatic heterocycles. The van der Waals surface area contributed by atoms with E-state index in [4.69, 9.17) is 11.0 Å². The Labute approximate surface area is 92.8 Å². The molecule has 2 rings (SSSR count). The van der Waals surface area contributed by atoms with Crippen molar-refractivity contribution >= 4 is 5.69 Å². The average molecular weight is 212 g/mol. The maximum Gasteiger partial charge on any atom is 0.131 e. The number of halogens is 1. The molecule has 16 heavy (non-hydrogen) atoms. The van der Waals surface area contributed by atoms with Gasteiger partial charge in [0.2, 0.25) is 0 Å². The number of benzene rings is 2. The second kappa shape index (κ2) is 4.03. The summed E-state index contributed by atoms with van der Waals surface area (Å²) in [6.45, 7) is 0. The van der Waals surface area contributed by atoms with Gasteiger partial charge in [0, 0.05) is 16.8 Å². The van der Waals surface area contributed by atoms with Crippen molar-refractivity contribution in [3.8, 4) is 17.2 Å². The van der Waals surface area contributed by atoms with E-state index in [1.54, 1.807) is 36.4 Å². The van der Waals surface area contributed by atoms with Gasteiger partial charge in [-0.25, -0.2) is 4.39 Å². The van der Waals surface area contributed by atoms with Gasteiger partial charge in [-0.3, -0.25) is 0 Å². The fourth-order valence-corrected chi connectivity index (χ4v) is 1.56. The Balaban J connectivity index is 2.58. The first-order valence-corrected chi connectivity index (χ1v) is 4.77. The van der Waals surface area contributed by atoms with Crippen LogP contribution in [-0.4, -0.2) is 0 Å². The summed E-state index contributed by atoms with van der Waals surface area (Å²) in [5, 5.41) is 8.70. The molecule has 0 fully saturated rings. The Hall–Kier alpha value is -2.34. The second-order valence-corrected chi connectivity index (χ2v) is 3.39. The lowest BCUT2D eigenvalue weighted by atomic mass is 10.0. The smallest absolute Gasteiger partial charge is 0.131 e. The Kier molecular flexibility index (Phi) is 2.57. The van der Waals surface area contributed by atoms with Crippen LogP contribution in [0.3, 0.4) is 0 Å². The van der Waals surface area contributed by atoms with E-state index in [-0.39, 0.29) is 5.82 Å². The number of nitrogens with two attached hydrogens (primary N) is 1. The van der Waals surface area contributed by atoms with Crippen molar-refractivity contribution in [3.05, 3.63) is 53.8 Å². The van der Waals surface area contributed by atoms with Crippen molar-refractivity contribution in [2.45, 2.75) is 0 Å². The SMILES string of the molecule is N#Cc1ccc(-c2ccccc2F)c(N)c1. The van der Waals surface area contributed by atoms with Gasteiger partial charge in [-0.1, -0.05) is 24.3 Å². The van der Waals surface area contributed by atoms with Gasteiger partial charge in [-0.05, 0) is 18.2 Å². The van der Waals surface area contributed by atoms with Gasteiger partial charge < -0.3 is 5.73 Å². The zero-order chi connectivity index (χ0) is 11.5. The van der Waals surface area contributed by atoms with E-state index in [9.17, 15) is 4.39 Å². The molecule has 0 bridgehead atoms. The molecule has 0 amide bonds. The molecule has 2 aromatic rings. The fourth-order valence-electron chi connectivity index (χ4n) is 1.56. The highest BCUT2D eigenvalue weighted by molar-refractivity contribution is 5.77. The highest BCUT2D eigenvalue weighted by Crippen LogP contribution is 2.28. The Morgan fingerprint density at radius 1 is 1.06 bits per heavy atom. The zero-order valence-electron chi connectivity index (χ0n) is 8.44. The van der Waals surface area contributed by atoms with Crippen LogP contribution >= 0.6 is 0 Å². The third kappa shape index (κ3) is 1.73. The van der Waals surface area contributed by atoms with E-state index < -0.39 is 0 Å². The largest absolute Gasteiger partial charge is 0.398 e. The van der Waals surface area contributed by atoms with Crippen molar-refractivity contribution in [1.29, 1.82) is 5.26 Å². The molecular formula is C13H9FN2. The maximum absolute atomic E-state index is 13.5. The molecule has 0 unspecified atom stereocenters. The number of nitrogen functional groups attached to an aromatic ring is 1. The number of anilines is 1. The first-order valence-electron chi connectivity index (χ1n) is 4.77. The quantitative estimate of drug-likeness (QED) is 0.739. The van der Waals surface area contributed by atoms with Gasteiger partial charge in [0.15, 0.2) is 0 Å². The van der Waals surface area contributed by atoms with Gasteiger partial charge in [0.1, 0.15) is 5.82 Å². The topological polar surface area (TPSA) is 49.8 Å². The summed E-state index contributed by atoms with van der Waals surface area (Å²) in [7, 11) is 0. The maximum atomic E-state index is 13.5. The van der Waals surface area contributed by atoms with E-state index in [1.807, 2.05) is 6.07 Å². The predicted molar refractivity (Wildman–Crippen MR) is 61.0 cm³/mol. The third-order valence-electron chi connectivity index (χ3n) is 2.34. The summed E-state index contributed by atoms with van der Waals surface area (Å²) in [6.07, 6.45) is 0. The molecule has 0 aliphatic carbocycles. The molecule has 78 valence electrons. The fraction of sp³-hybridized carbons (Fsp3) is 0. The van der Waals surface area contributed by atoms with Crippen molar-refractivity contribution in [2.24, 2.45) is 0 Å². The van der Waals surface area contributed by atoms with Gasteiger partial charge in [-0.2, -0.15) is 5.26 Å². The predicted octanol–water partition coefficient (Wildman–Crippen LogP) is 2.95. The lowest BCUT2D eigenvalue weighted by Crippen LogP contribution is -1.93. The summed E-state index contributed by atoms with van der Waals surface area (Å²) in [6, 6.07) is 13.2. The summed E-state index contributed by atoms with van der Waals surface area (Å²) >= 11 is 0. The van der Waals surface area contributed by atoms with Crippen molar-refractivity contribution < 1.29 is 4.39 Å². The molecule has 2 aromatic carbocycles. The van der Waals surface area contributed by atoms with E-state index in [2.05, 4.69) is 0 Å². The molecule has 0 heterocycles. The molecule has 2 nitrogen and oxygen atoms in total. The van der Waals surface area contributed by atoms with Crippen LogP contribution in [0.5, 0.6) is 0 Å². The minimum Gasteiger partial charge on any atom is -0.398 e. The minimum atomic E-state index is -0.320. The molecule has 2 N–H and O–H groups in total. The Morgan fingerprint density at radius 2 is 1.81 bits per heavy atom. The third-order valence-corrected chi connectivity index (χ3v) is 2.34. The van der Waals surface area contributed by atoms with Crippen LogP contribution in [-0.2, 0) is 0 Å². The number of nitriles is 1. The highest BCUT2D eigenvalue weighted by Gasteiger charge is 2.07. The van der Waals surface area contributed by atoms with Crippen LogP contribution in [0.4, 0.5) is 10.1 Å². The van der Waals surface area contributed by atoms with Crippen LogP contribution in [0.1, 0.15) is 5.56 Å². The van der Waals surface area contributed by atoms with Crippen LogP contribution < -0.4 is 5.73 Å². The van der Waals surface area contributed by atoms with Crippen LogP contribution in [0.25, 0.3) is 11.1 Å². The Bertz CT molecular complexity index is 570. The molecule has 0 aliphatic rings. The lowest BCUT2D eigenvalue weighted by Gasteiger charge is -2.06. The molecule has 0 atom stereocenters.